The molecule has 0 rings (SSSR count). The van der Waals surface area contributed by atoms with E-state index >= 15 is 0 Å². The molecule has 0 bridgehead atoms. The highest BCUT2D eigenvalue weighted by atomic mass is 16.3. The van der Waals surface area contributed by atoms with Crippen molar-refractivity contribution in [3.05, 3.63) is 60.8 Å². The summed E-state index contributed by atoms with van der Waals surface area (Å²) >= 11 is 0. The SMILES string of the molecule is CCCCCC=CCC=CCCCC=CCCCC(O)CCCCCCCCC=CCC=CCCCCC. The van der Waals surface area contributed by atoms with Gasteiger partial charge < -0.3 is 5.11 Å². The molecule has 0 saturated heterocycles. The van der Waals surface area contributed by atoms with Crippen LogP contribution in [0.25, 0.3) is 0 Å². The molecule has 0 aliphatic heterocycles. The van der Waals surface area contributed by atoms with E-state index in [1.54, 1.807) is 0 Å². The normalized spacial score (nSPS) is 13.4. The molecule has 1 atom stereocenters. The Bertz CT molecular complexity index is 580. The second-order valence-electron chi connectivity index (χ2n) is 11.0. The van der Waals surface area contributed by atoms with Crippen molar-refractivity contribution in [3.63, 3.8) is 0 Å². The summed E-state index contributed by atoms with van der Waals surface area (Å²) in [6, 6.07) is 0. The van der Waals surface area contributed by atoms with Gasteiger partial charge in [-0.15, -0.1) is 0 Å². The second-order valence-corrected chi connectivity index (χ2v) is 11.0. The van der Waals surface area contributed by atoms with E-state index in [0.29, 0.717) is 0 Å². The molecule has 1 nitrogen and oxygen atoms in total. The summed E-state index contributed by atoms with van der Waals surface area (Å²) in [6.45, 7) is 4.52. The minimum atomic E-state index is -0.0972. The Morgan fingerprint density at radius 1 is 0.368 bits per heavy atom. The van der Waals surface area contributed by atoms with E-state index in [1.165, 1.54) is 116 Å². The molecule has 0 radical (unpaired) electrons. The quantitative estimate of drug-likeness (QED) is 0.0758. The summed E-state index contributed by atoms with van der Waals surface area (Å²) < 4.78 is 0. The maximum atomic E-state index is 10.2. The van der Waals surface area contributed by atoms with Gasteiger partial charge in [-0.1, -0.05) is 132 Å². The average Bonchev–Trinajstić information content (AvgIpc) is 2.92. The van der Waals surface area contributed by atoms with E-state index in [9.17, 15) is 5.11 Å². The lowest BCUT2D eigenvalue weighted by molar-refractivity contribution is 0.148. The predicted molar refractivity (Wildman–Crippen MR) is 174 cm³/mol. The lowest BCUT2D eigenvalue weighted by Crippen LogP contribution is -2.05. The van der Waals surface area contributed by atoms with Crippen LogP contribution in [-0.4, -0.2) is 11.2 Å². The minimum Gasteiger partial charge on any atom is -0.393 e. The maximum absolute atomic E-state index is 10.2. The first-order valence-electron chi connectivity index (χ1n) is 16.7. The maximum Gasteiger partial charge on any atom is 0.0540 e. The Kier molecular flexibility index (Phi) is 32.5. The Labute approximate surface area is 239 Å². The van der Waals surface area contributed by atoms with Crippen molar-refractivity contribution in [2.75, 3.05) is 0 Å². The zero-order valence-electron chi connectivity index (χ0n) is 25.8. The third-order valence-electron chi connectivity index (χ3n) is 7.13. The highest BCUT2D eigenvalue weighted by Gasteiger charge is 2.02. The van der Waals surface area contributed by atoms with E-state index < -0.39 is 0 Å². The van der Waals surface area contributed by atoms with Gasteiger partial charge in [0, 0.05) is 0 Å². The fourth-order valence-corrected chi connectivity index (χ4v) is 4.59. The highest BCUT2D eigenvalue weighted by molar-refractivity contribution is 4.94. The number of hydrogen-bond acceptors (Lipinski definition) is 1. The van der Waals surface area contributed by atoms with Crippen LogP contribution < -0.4 is 0 Å². The van der Waals surface area contributed by atoms with Gasteiger partial charge in [-0.05, 0) is 96.3 Å². The van der Waals surface area contributed by atoms with Gasteiger partial charge in [0.05, 0.1) is 6.10 Å². The monoisotopic (exact) mass is 527 g/mol. The molecule has 0 aliphatic carbocycles. The molecule has 1 N–H and O–H groups in total. The number of aliphatic hydroxyl groups is 1. The van der Waals surface area contributed by atoms with E-state index in [2.05, 4.69) is 74.6 Å². The van der Waals surface area contributed by atoms with Crippen LogP contribution in [0, 0.1) is 0 Å². The van der Waals surface area contributed by atoms with Crippen LogP contribution in [0.1, 0.15) is 168 Å². The van der Waals surface area contributed by atoms with Gasteiger partial charge in [0.15, 0.2) is 0 Å². The largest absolute Gasteiger partial charge is 0.393 e. The third kappa shape index (κ3) is 32.7. The highest BCUT2D eigenvalue weighted by Crippen LogP contribution is 2.13. The summed E-state index contributed by atoms with van der Waals surface area (Å²) in [6.07, 6.45) is 52.6. The lowest BCUT2D eigenvalue weighted by atomic mass is 10.0. The molecular formula is C37H66O. The first-order valence-corrected chi connectivity index (χ1v) is 16.7. The number of hydrogen-bond donors (Lipinski definition) is 1. The molecular weight excluding hydrogens is 460 g/mol. The van der Waals surface area contributed by atoms with Crippen molar-refractivity contribution in [2.45, 2.75) is 174 Å². The van der Waals surface area contributed by atoms with Gasteiger partial charge in [-0.2, -0.15) is 0 Å². The molecule has 0 heterocycles. The molecule has 0 spiro atoms. The fraction of sp³-hybridized carbons (Fsp3) is 0.730. The van der Waals surface area contributed by atoms with Gasteiger partial charge in [0.25, 0.3) is 0 Å². The van der Waals surface area contributed by atoms with Gasteiger partial charge in [-0.25, -0.2) is 0 Å². The van der Waals surface area contributed by atoms with Gasteiger partial charge in [0.2, 0.25) is 0 Å². The van der Waals surface area contributed by atoms with Gasteiger partial charge in [0.1, 0.15) is 0 Å². The van der Waals surface area contributed by atoms with Crippen LogP contribution in [-0.2, 0) is 0 Å². The molecule has 0 aromatic rings. The van der Waals surface area contributed by atoms with E-state index in [4.69, 9.17) is 0 Å². The predicted octanol–water partition coefficient (Wildman–Crippen LogP) is 12.5. The topological polar surface area (TPSA) is 20.2 Å². The molecule has 220 valence electrons. The summed E-state index contributed by atoms with van der Waals surface area (Å²) in [7, 11) is 0. The second kappa shape index (κ2) is 33.7. The zero-order chi connectivity index (χ0) is 27.6. The molecule has 1 heteroatoms. The van der Waals surface area contributed by atoms with Crippen molar-refractivity contribution >= 4 is 0 Å². The Morgan fingerprint density at radius 2 is 0.711 bits per heavy atom. The molecule has 0 aliphatic rings. The lowest BCUT2D eigenvalue weighted by Gasteiger charge is -2.09. The standard InChI is InChI=1S/C37H66O/c1-3-5-7-9-11-13-15-17-19-21-23-25-27-29-31-33-35-37(38)36-34-32-30-28-26-24-22-20-18-16-14-12-10-8-6-4-2/h11-14,17-20,27,29,37-38H,3-10,15-16,21-26,28,30-36H2,1-2H3. The van der Waals surface area contributed by atoms with Crippen LogP contribution >= 0.6 is 0 Å². The molecule has 0 fully saturated rings. The molecule has 0 amide bonds. The fourth-order valence-electron chi connectivity index (χ4n) is 4.59. The van der Waals surface area contributed by atoms with Crippen LogP contribution in [0.4, 0.5) is 0 Å². The van der Waals surface area contributed by atoms with Crippen molar-refractivity contribution in [1.82, 2.24) is 0 Å². The van der Waals surface area contributed by atoms with E-state index in [-0.39, 0.29) is 6.10 Å². The third-order valence-corrected chi connectivity index (χ3v) is 7.13. The first-order chi connectivity index (χ1) is 18.8. The number of unbranched alkanes of at least 4 members (excludes halogenated alkanes) is 15. The zero-order valence-corrected chi connectivity index (χ0v) is 25.8. The Hall–Kier alpha value is -1.34. The minimum absolute atomic E-state index is 0.0972. The van der Waals surface area contributed by atoms with Crippen LogP contribution in [0.2, 0.25) is 0 Å². The van der Waals surface area contributed by atoms with E-state index in [0.717, 1.165) is 38.5 Å². The Morgan fingerprint density at radius 3 is 1.21 bits per heavy atom. The molecule has 1 unspecified atom stereocenters. The van der Waals surface area contributed by atoms with Crippen molar-refractivity contribution in [3.8, 4) is 0 Å². The van der Waals surface area contributed by atoms with Crippen molar-refractivity contribution in [2.24, 2.45) is 0 Å². The van der Waals surface area contributed by atoms with Crippen LogP contribution in [0.15, 0.2) is 60.8 Å². The molecule has 0 aromatic heterocycles. The number of allylic oxidation sites excluding steroid dienone is 10. The van der Waals surface area contributed by atoms with Crippen LogP contribution in [0.3, 0.4) is 0 Å². The average molecular weight is 527 g/mol. The molecule has 0 aromatic carbocycles. The first kappa shape index (κ1) is 36.7. The molecule has 38 heavy (non-hydrogen) atoms. The number of aliphatic hydroxyl groups excluding tert-OH is 1. The number of rotatable bonds is 29. The summed E-state index contributed by atoms with van der Waals surface area (Å²) in [4.78, 5) is 0. The van der Waals surface area contributed by atoms with Crippen molar-refractivity contribution < 1.29 is 5.11 Å². The molecule has 0 saturated carbocycles. The Balaban J connectivity index is 3.36. The summed E-state index contributed by atoms with van der Waals surface area (Å²) in [5.74, 6) is 0. The summed E-state index contributed by atoms with van der Waals surface area (Å²) in [5, 5.41) is 10.2. The van der Waals surface area contributed by atoms with Gasteiger partial charge in [-0.3, -0.25) is 0 Å². The van der Waals surface area contributed by atoms with E-state index in [1.807, 2.05) is 0 Å². The van der Waals surface area contributed by atoms with Crippen molar-refractivity contribution in [1.29, 1.82) is 0 Å². The summed E-state index contributed by atoms with van der Waals surface area (Å²) in [5.41, 5.74) is 0. The van der Waals surface area contributed by atoms with Crippen LogP contribution in [0.5, 0.6) is 0 Å². The smallest absolute Gasteiger partial charge is 0.0540 e. The van der Waals surface area contributed by atoms with Gasteiger partial charge >= 0.3 is 0 Å².